The third-order valence-electron chi connectivity index (χ3n) is 1.99. The fourth-order valence-electron chi connectivity index (χ4n) is 1.23. The summed E-state index contributed by atoms with van der Waals surface area (Å²) in [6.45, 7) is -3.09. The molecule has 0 fully saturated rings. The van der Waals surface area contributed by atoms with E-state index in [2.05, 4.69) is 4.98 Å². The zero-order valence-electron chi connectivity index (χ0n) is 8.30. The van der Waals surface area contributed by atoms with Crippen LogP contribution in [0.5, 0.6) is 0 Å². The van der Waals surface area contributed by atoms with Crippen LogP contribution in [0.25, 0.3) is 10.2 Å². The van der Waals surface area contributed by atoms with E-state index < -0.39 is 12.4 Å². The van der Waals surface area contributed by atoms with Crippen LogP contribution in [0.15, 0.2) is 17.6 Å². The van der Waals surface area contributed by atoms with Crippen molar-refractivity contribution in [3.05, 3.63) is 23.2 Å². The number of nitrogens with zero attached hydrogens (tertiary/aromatic N) is 1. The van der Waals surface area contributed by atoms with Gasteiger partial charge in [0, 0.05) is 6.20 Å². The number of rotatable bonds is 1. The molecule has 0 radical (unpaired) electrons. The topological polar surface area (TPSA) is 12.9 Å². The van der Waals surface area contributed by atoms with Gasteiger partial charge in [-0.1, -0.05) is 11.5 Å². The fourth-order valence-corrected chi connectivity index (χ4v) is 2.18. The molecular weight excluding hydrogens is 249 g/mol. The first kappa shape index (κ1) is 13.7. The van der Waals surface area contributed by atoms with Crippen LogP contribution in [0.2, 0.25) is 0 Å². The summed E-state index contributed by atoms with van der Waals surface area (Å²) < 4.78 is 37.6. The number of hydrogen-bond donors (Lipinski definition) is 0. The number of aryl methyl sites for hydroxylation is 1. The van der Waals surface area contributed by atoms with Gasteiger partial charge in [0.2, 0.25) is 0 Å². The second-order valence-corrected chi connectivity index (χ2v) is 4.02. The Morgan fingerprint density at radius 2 is 2.00 bits per heavy atom. The first-order valence-corrected chi connectivity index (χ1v) is 4.90. The van der Waals surface area contributed by atoms with E-state index in [4.69, 9.17) is 0 Å². The molecule has 2 rings (SSSR count). The number of pyridine rings is 1. The average molecular weight is 255 g/mol. The zero-order valence-corrected chi connectivity index (χ0v) is 12.2. The van der Waals surface area contributed by atoms with Crippen molar-refractivity contribution < 1.29 is 64.3 Å². The minimum atomic E-state index is -4.93. The van der Waals surface area contributed by atoms with E-state index in [1.54, 1.807) is 0 Å². The van der Waals surface area contributed by atoms with Gasteiger partial charge in [0.1, 0.15) is 0 Å². The molecule has 0 bridgehead atoms. The normalized spacial score (nSPS) is 11.5. The molecule has 0 N–H and O–H groups in total. The maximum Gasteiger partial charge on any atom is 1.00 e. The van der Waals surface area contributed by atoms with Crippen molar-refractivity contribution in [3.63, 3.8) is 0 Å². The van der Waals surface area contributed by atoms with Crippen LogP contribution in [0.3, 0.4) is 0 Å². The van der Waals surface area contributed by atoms with Crippen molar-refractivity contribution >= 4 is 34.0 Å². The summed E-state index contributed by atoms with van der Waals surface area (Å²) in [5.74, 6) is 0. The van der Waals surface area contributed by atoms with Crippen LogP contribution in [-0.2, 0) is 0 Å². The molecule has 0 unspecified atom stereocenters. The SMILES string of the molecule is Cc1csc2cc([B-](F)(F)F)cnc12.[K+]. The van der Waals surface area contributed by atoms with E-state index in [9.17, 15) is 12.9 Å². The van der Waals surface area contributed by atoms with E-state index in [1.807, 2.05) is 12.3 Å². The Hall–Kier alpha value is 0.601. The molecule has 1 nitrogen and oxygen atoms in total. The quantitative estimate of drug-likeness (QED) is 0.635. The molecule has 0 aliphatic heterocycles. The van der Waals surface area contributed by atoms with Crippen LogP contribution >= 0.6 is 11.3 Å². The maximum absolute atomic E-state index is 12.3. The Labute approximate surface area is 132 Å². The number of hydrogen-bond acceptors (Lipinski definition) is 2. The summed E-state index contributed by atoms with van der Waals surface area (Å²) in [6, 6.07) is 1.17. The Bertz CT molecular complexity index is 482. The summed E-state index contributed by atoms with van der Waals surface area (Å²) in [6.07, 6.45) is 0.905. The van der Waals surface area contributed by atoms with Crippen molar-refractivity contribution in [1.82, 2.24) is 4.98 Å². The van der Waals surface area contributed by atoms with Crippen molar-refractivity contribution in [2.24, 2.45) is 0 Å². The molecular formula is C8H6BF3KNS. The smallest absolute Gasteiger partial charge is 0.445 e. The van der Waals surface area contributed by atoms with Gasteiger partial charge in [-0.05, 0) is 17.9 Å². The molecule has 0 saturated heterocycles. The molecule has 15 heavy (non-hydrogen) atoms. The minimum absolute atomic E-state index is 0. The summed E-state index contributed by atoms with van der Waals surface area (Å²) in [5.41, 5.74) is 0.962. The van der Waals surface area contributed by atoms with Crippen LogP contribution in [0.4, 0.5) is 12.9 Å². The molecule has 74 valence electrons. The van der Waals surface area contributed by atoms with Crippen LogP contribution < -0.4 is 56.8 Å². The molecule has 0 amide bonds. The maximum atomic E-state index is 12.3. The van der Waals surface area contributed by atoms with Crippen LogP contribution in [0, 0.1) is 6.92 Å². The van der Waals surface area contributed by atoms with Crippen molar-refractivity contribution in [2.75, 3.05) is 0 Å². The monoisotopic (exact) mass is 255 g/mol. The van der Waals surface area contributed by atoms with Gasteiger partial charge >= 0.3 is 58.4 Å². The van der Waals surface area contributed by atoms with Gasteiger partial charge in [0.15, 0.2) is 0 Å². The predicted molar refractivity (Wildman–Crippen MR) is 53.1 cm³/mol. The van der Waals surface area contributed by atoms with Gasteiger partial charge < -0.3 is 12.9 Å². The number of fused-ring (bicyclic) bond motifs is 1. The van der Waals surface area contributed by atoms with Gasteiger partial charge in [-0.25, -0.2) is 0 Å². The number of thiophene rings is 1. The molecule has 0 atom stereocenters. The van der Waals surface area contributed by atoms with Gasteiger partial charge in [0.05, 0.1) is 10.2 Å². The molecule has 2 aromatic heterocycles. The summed E-state index contributed by atoms with van der Waals surface area (Å²) in [4.78, 5) is 3.81. The van der Waals surface area contributed by atoms with E-state index in [0.717, 1.165) is 11.8 Å². The Balaban J connectivity index is 0.00000112. The molecule has 0 aromatic carbocycles. The third-order valence-corrected chi connectivity index (χ3v) is 3.02. The van der Waals surface area contributed by atoms with Crippen LogP contribution in [0.1, 0.15) is 5.56 Å². The van der Waals surface area contributed by atoms with Gasteiger partial charge in [0.25, 0.3) is 0 Å². The van der Waals surface area contributed by atoms with Crippen molar-refractivity contribution in [2.45, 2.75) is 6.92 Å². The van der Waals surface area contributed by atoms with Crippen LogP contribution in [-0.4, -0.2) is 12.0 Å². The van der Waals surface area contributed by atoms with Gasteiger partial charge in [-0.3, -0.25) is 4.98 Å². The number of aromatic nitrogens is 1. The molecule has 0 saturated carbocycles. The Kier molecular flexibility index (Phi) is 4.42. The summed E-state index contributed by atoms with van der Waals surface area (Å²) in [7, 11) is 0. The standard InChI is InChI=1S/C8H6BF3NS.K/c1-5-4-14-7-2-6(9(10,11)12)3-13-8(5)7;/h2-4H,1H3;/q-1;+1. The van der Waals surface area contributed by atoms with Gasteiger partial charge in [-0.2, -0.15) is 0 Å². The molecule has 2 aromatic rings. The van der Waals surface area contributed by atoms with E-state index in [1.165, 1.54) is 17.4 Å². The average Bonchev–Trinajstić information content (AvgIpc) is 2.46. The number of halogens is 3. The Morgan fingerprint density at radius 1 is 1.33 bits per heavy atom. The largest absolute Gasteiger partial charge is 1.00 e. The minimum Gasteiger partial charge on any atom is -0.445 e. The van der Waals surface area contributed by atoms with E-state index >= 15 is 0 Å². The predicted octanol–water partition coefficient (Wildman–Crippen LogP) is -0.337. The fraction of sp³-hybridized carbons (Fsp3) is 0.125. The van der Waals surface area contributed by atoms with E-state index in [0.29, 0.717) is 10.2 Å². The molecule has 0 spiro atoms. The van der Waals surface area contributed by atoms with Crippen molar-refractivity contribution in [1.29, 1.82) is 0 Å². The summed E-state index contributed by atoms with van der Waals surface area (Å²) in [5, 5.41) is 1.81. The third kappa shape index (κ3) is 2.83. The first-order valence-electron chi connectivity index (χ1n) is 4.02. The molecule has 2 heterocycles. The Morgan fingerprint density at radius 3 is 2.60 bits per heavy atom. The van der Waals surface area contributed by atoms with Crippen molar-refractivity contribution in [3.8, 4) is 0 Å². The molecule has 7 heteroatoms. The second-order valence-electron chi connectivity index (χ2n) is 3.11. The molecule has 0 aliphatic carbocycles. The second kappa shape index (κ2) is 4.85. The zero-order chi connectivity index (χ0) is 10.3. The van der Waals surface area contributed by atoms with Gasteiger partial charge in [-0.15, -0.1) is 11.3 Å². The van der Waals surface area contributed by atoms with E-state index in [-0.39, 0.29) is 51.4 Å². The summed E-state index contributed by atoms with van der Waals surface area (Å²) >= 11 is 1.29. The first-order chi connectivity index (χ1) is 6.48. The molecule has 0 aliphatic rings.